The zero-order chi connectivity index (χ0) is 13.4. The Labute approximate surface area is 107 Å². The molecule has 0 aromatic heterocycles. The van der Waals surface area contributed by atoms with Crippen LogP contribution in [0.4, 0.5) is 0 Å². The third-order valence-electron chi connectivity index (χ3n) is 2.60. The van der Waals surface area contributed by atoms with Gasteiger partial charge in [0.1, 0.15) is 0 Å². The van der Waals surface area contributed by atoms with Crippen molar-refractivity contribution in [1.29, 1.82) is 0 Å². The number of nitrogens with two attached hydrogens (primary N) is 1. The number of phenols is 1. The van der Waals surface area contributed by atoms with E-state index in [1.54, 1.807) is 12.1 Å². The van der Waals surface area contributed by atoms with Crippen LogP contribution in [0.1, 0.15) is 24.8 Å². The lowest BCUT2D eigenvalue weighted by molar-refractivity contribution is -0.118. The van der Waals surface area contributed by atoms with E-state index in [2.05, 4.69) is 5.32 Å². The minimum absolute atomic E-state index is 0.141. The molecule has 0 unspecified atom stereocenters. The van der Waals surface area contributed by atoms with Gasteiger partial charge in [-0.15, -0.1) is 0 Å². The average Bonchev–Trinajstić information content (AvgIpc) is 2.35. The highest BCUT2D eigenvalue weighted by molar-refractivity contribution is 5.73. The second kappa shape index (κ2) is 7.55. The minimum Gasteiger partial charge on any atom is -0.504 e. The van der Waals surface area contributed by atoms with Gasteiger partial charge >= 0.3 is 0 Å². The molecule has 18 heavy (non-hydrogen) atoms. The minimum atomic E-state index is -0.252. The Hall–Kier alpha value is -1.75. The van der Waals surface area contributed by atoms with Gasteiger partial charge in [-0.25, -0.2) is 0 Å². The summed E-state index contributed by atoms with van der Waals surface area (Å²) in [5.41, 5.74) is 6.09. The third-order valence-corrected chi connectivity index (χ3v) is 2.60. The third kappa shape index (κ3) is 5.05. The number of hydrogen-bond donors (Lipinski definition) is 3. The smallest absolute Gasteiger partial charge is 0.217 e. The highest BCUT2D eigenvalue weighted by Gasteiger charge is 2.02. The van der Waals surface area contributed by atoms with E-state index in [-0.39, 0.29) is 11.7 Å². The Morgan fingerprint density at radius 1 is 1.44 bits per heavy atom. The van der Waals surface area contributed by atoms with Gasteiger partial charge in [0.15, 0.2) is 11.5 Å². The largest absolute Gasteiger partial charge is 0.504 e. The van der Waals surface area contributed by atoms with Gasteiger partial charge in [0.2, 0.25) is 5.91 Å². The molecule has 5 nitrogen and oxygen atoms in total. The van der Waals surface area contributed by atoms with Crippen molar-refractivity contribution >= 4 is 5.91 Å². The first kappa shape index (κ1) is 14.3. The molecule has 1 aromatic rings. The topological polar surface area (TPSA) is 84.6 Å². The van der Waals surface area contributed by atoms with Crippen molar-refractivity contribution in [2.24, 2.45) is 5.73 Å². The quantitative estimate of drug-likeness (QED) is 0.606. The molecule has 5 heteroatoms. The first-order chi connectivity index (χ1) is 8.63. The van der Waals surface area contributed by atoms with E-state index in [1.165, 1.54) is 7.11 Å². The molecular formula is C13H20N2O3. The Bertz CT molecular complexity index is 394. The van der Waals surface area contributed by atoms with E-state index >= 15 is 0 Å². The number of aromatic hydroxyl groups is 1. The summed E-state index contributed by atoms with van der Waals surface area (Å²) >= 11 is 0. The molecule has 0 spiro atoms. The maximum absolute atomic E-state index is 10.5. The molecule has 0 saturated heterocycles. The van der Waals surface area contributed by atoms with E-state index < -0.39 is 0 Å². The number of amides is 1. The highest BCUT2D eigenvalue weighted by Crippen LogP contribution is 2.26. The number of carbonyl (C=O) groups excluding carboxylic acids is 1. The van der Waals surface area contributed by atoms with Gasteiger partial charge in [-0.2, -0.15) is 0 Å². The van der Waals surface area contributed by atoms with Crippen molar-refractivity contribution in [2.75, 3.05) is 13.7 Å². The van der Waals surface area contributed by atoms with Crippen LogP contribution in [-0.4, -0.2) is 24.7 Å². The standard InChI is InChI=1S/C13H20N2O3/c1-18-12-8-10(5-6-11(12)16)9-15-7-3-2-4-13(14)17/h5-6,8,15-16H,2-4,7,9H2,1H3,(H2,14,17). The summed E-state index contributed by atoms with van der Waals surface area (Å²) in [6.45, 7) is 1.53. The summed E-state index contributed by atoms with van der Waals surface area (Å²) < 4.78 is 5.03. The first-order valence-corrected chi connectivity index (χ1v) is 5.98. The predicted octanol–water partition coefficient (Wildman–Crippen LogP) is 1.15. The highest BCUT2D eigenvalue weighted by atomic mass is 16.5. The Kier molecular flexibility index (Phi) is 6.00. The summed E-state index contributed by atoms with van der Waals surface area (Å²) in [5.74, 6) is 0.365. The number of methoxy groups -OCH3 is 1. The summed E-state index contributed by atoms with van der Waals surface area (Å²) in [4.78, 5) is 10.5. The van der Waals surface area contributed by atoms with Crippen molar-refractivity contribution < 1.29 is 14.6 Å². The fourth-order valence-electron chi connectivity index (χ4n) is 1.61. The predicted molar refractivity (Wildman–Crippen MR) is 69.4 cm³/mol. The van der Waals surface area contributed by atoms with Crippen LogP contribution in [0.3, 0.4) is 0 Å². The number of nitrogens with one attached hydrogen (secondary N) is 1. The molecule has 0 atom stereocenters. The second-order valence-corrected chi connectivity index (χ2v) is 4.11. The molecular weight excluding hydrogens is 232 g/mol. The second-order valence-electron chi connectivity index (χ2n) is 4.11. The Morgan fingerprint density at radius 2 is 2.22 bits per heavy atom. The number of ether oxygens (including phenoxy) is 1. The maximum Gasteiger partial charge on any atom is 0.217 e. The molecule has 0 fully saturated rings. The molecule has 0 bridgehead atoms. The van der Waals surface area contributed by atoms with E-state index in [9.17, 15) is 9.90 Å². The summed E-state index contributed by atoms with van der Waals surface area (Å²) in [7, 11) is 1.52. The van der Waals surface area contributed by atoms with Crippen molar-refractivity contribution in [1.82, 2.24) is 5.32 Å². The van der Waals surface area contributed by atoms with Crippen LogP contribution in [0.25, 0.3) is 0 Å². The molecule has 0 heterocycles. The molecule has 100 valence electrons. The number of primary amides is 1. The van der Waals surface area contributed by atoms with E-state index in [0.29, 0.717) is 18.7 Å². The SMILES string of the molecule is COc1cc(CNCCCCC(N)=O)ccc1O. The molecule has 1 rings (SSSR count). The fraction of sp³-hybridized carbons (Fsp3) is 0.462. The zero-order valence-corrected chi connectivity index (χ0v) is 10.6. The monoisotopic (exact) mass is 252 g/mol. The number of benzene rings is 1. The van der Waals surface area contributed by atoms with E-state index in [1.807, 2.05) is 6.07 Å². The fourth-order valence-corrected chi connectivity index (χ4v) is 1.61. The Morgan fingerprint density at radius 3 is 2.89 bits per heavy atom. The number of unbranched alkanes of at least 4 members (excludes halogenated alkanes) is 1. The lowest BCUT2D eigenvalue weighted by Gasteiger charge is -2.08. The van der Waals surface area contributed by atoms with Crippen LogP contribution in [0.5, 0.6) is 11.5 Å². The first-order valence-electron chi connectivity index (χ1n) is 5.98. The number of phenolic OH excluding ortho intramolecular Hbond substituents is 1. The van der Waals surface area contributed by atoms with Gasteiger partial charge in [-0.3, -0.25) is 4.79 Å². The lowest BCUT2D eigenvalue weighted by atomic mass is 10.2. The normalized spacial score (nSPS) is 10.3. The van der Waals surface area contributed by atoms with Gasteiger partial charge in [-0.1, -0.05) is 6.07 Å². The lowest BCUT2D eigenvalue weighted by Crippen LogP contribution is -2.16. The molecule has 0 saturated carbocycles. The van der Waals surface area contributed by atoms with Crippen LogP contribution in [0.2, 0.25) is 0 Å². The van der Waals surface area contributed by atoms with Crippen LogP contribution in [0, 0.1) is 0 Å². The van der Waals surface area contributed by atoms with Gasteiger partial charge in [-0.05, 0) is 37.1 Å². The van der Waals surface area contributed by atoms with E-state index in [0.717, 1.165) is 24.9 Å². The molecule has 4 N–H and O–H groups in total. The summed E-state index contributed by atoms with van der Waals surface area (Å²) in [6.07, 6.45) is 2.16. The average molecular weight is 252 g/mol. The van der Waals surface area contributed by atoms with Gasteiger partial charge < -0.3 is 20.9 Å². The molecule has 0 aliphatic carbocycles. The van der Waals surface area contributed by atoms with E-state index in [4.69, 9.17) is 10.5 Å². The van der Waals surface area contributed by atoms with Crippen molar-refractivity contribution in [3.63, 3.8) is 0 Å². The van der Waals surface area contributed by atoms with Crippen molar-refractivity contribution in [2.45, 2.75) is 25.8 Å². The Balaban J connectivity index is 2.25. The van der Waals surface area contributed by atoms with Crippen LogP contribution < -0.4 is 15.8 Å². The van der Waals surface area contributed by atoms with Crippen molar-refractivity contribution in [3.8, 4) is 11.5 Å². The maximum atomic E-state index is 10.5. The number of carbonyl (C=O) groups is 1. The summed E-state index contributed by atoms with van der Waals surface area (Å²) in [6, 6.07) is 5.25. The van der Waals surface area contributed by atoms with Gasteiger partial charge in [0.05, 0.1) is 7.11 Å². The number of hydrogen-bond acceptors (Lipinski definition) is 4. The van der Waals surface area contributed by atoms with Gasteiger partial charge in [0.25, 0.3) is 0 Å². The molecule has 0 aliphatic heterocycles. The molecule has 0 radical (unpaired) electrons. The van der Waals surface area contributed by atoms with Gasteiger partial charge in [0, 0.05) is 13.0 Å². The van der Waals surface area contributed by atoms with Crippen molar-refractivity contribution in [3.05, 3.63) is 23.8 Å². The van der Waals surface area contributed by atoms with Crippen LogP contribution in [0.15, 0.2) is 18.2 Å². The molecule has 1 amide bonds. The zero-order valence-electron chi connectivity index (χ0n) is 10.6. The van der Waals surface area contributed by atoms with Crippen LogP contribution in [-0.2, 0) is 11.3 Å². The van der Waals surface area contributed by atoms with Crippen LogP contribution >= 0.6 is 0 Å². The number of rotatable bonds is 8. The molecule has 0 aliphatic rings. The summed E-state index contributed by atoms with van der Waals surface area (Å²) in [5, 5.41) is 12.7. The molecule has 1 aromatic carbocycles.